The number of fused-ring (bicyclic) bond motifs is 3. The van der Waals surface area contributed by atoms with Gasteiger partial charge in [-0.05, 0) is 28.3 Å². The molecular formula is C15H10Cl2. The van der Waals surface area contributed by atoms with E-state index in [9.17, 15) is 0 Å². The zero-order valence-corrected chi connectivity index (χ0v) is 10.5. The van der Waals surface area contributed by atoms with Crippen LogP contribution in [0.15, 0.2) is 53.6 Å². The van der Waals surface area contributed by atoms with Gasteiger partial charge in [0, 0.05) is 5.03 Å². The molecule has 0 radical (unpaired) electrons. The predicted molar refractivity (Wildman–Crippen MR) is 74.3 cm³/mol. The molecule has 0 fully saturated rings. The first-order chi connectivity index (χ1) is 8.27. The van der Waals surface area contributed by atoms with E-state index in [0.717, 1.165) is 16.7 Å². The van der Waals surface area contributed by atoms with Gasteiger partial charge < -0.3 is 0 Å². The Morgan fingerprint density at radius 1 is 0.824 bits per heavy atom. The van der Waals surface area contributed by atoms with E-state index in [0.29, 0.717) is 5.03 Å². The Kier molecular flexibility index (Phi) is 2.70. The van der Waals surface area contributed by atoms with Gasteiger partial charge in [0.1, 0.15) is 0 Å². The van der Waals surface area contributed by atoms with Crippen molar-refractivity contribution >= 4 is 29.3 Å². The predicted octanol–water partition coefficient (Wildman–Crippen LogP) is 5.23. The molecule has 0 amide bonds. The van der Waals surface area contributed by atoms with Gasteiger partial charge >= 0.3 is 0 Å². The van der Waals surface area contributed by atoms with Crippen molar-refractivity contribution in [3.63, 3.8) is 0 Å². The third-order valence-corrected chi connectivity index (χ3v) is 3.93. The molecule has 2 aromatic rings. The first kappa shape index (κ1) is 10.9. The Balaban J connectivity index is 2.37. The van der Waals surface area contributed by atoms with Crippen molar-refractivity contribution in [1.29, 1.82) is 0 Å². The second kappa shape index (κ2) is 4.21. The molecule has 17 heavy (non-hydrogen) atoms. The fourth-order valence-electron chi connectivity index (χ4n) is 2.20. The highest BCUT2D eigenvalue weighted by molar-refractivity contribution is 6.39. The SMILES string of the molecule is ClC1=Cc2ccccc2-c2ccccc2C1Cl. The summed E-state index contributed by atoms with van der Waals surface area (Å²) in [5.41, 5.74) is 4.54. The maximum atomic E-state index is 6.39. The van der Waals surface area contributed by atoms with Crippen LogP contribution >= 0.6 is 23.2 Å². The maximum absolute atomic E-state index is 6.39. The van der Waals surface area contributed by atoms with Crippen LogP contribution in [0.1, 0.15) is 16.5 Å². The summed E-state index contributed by atoms with van der Waals surface area (Å²) in [7, 11) is 0. The molecule has 0 aromatic heterocycles. The Morgan fingerprint density at radius 3 is 2.29 bits per heavy atom. The van der Waals surface area contributed by atoms with Crippen molar-refractivity contribution in [3.8, 4) is 11.1 Å². The van der Waals surface area contributed by atoms with Gasteiger partial charge in [0.25, 0.3) is 0 Å². The summed E-state index contributed by atoms with van der Waals surface area (Å²) in [6, 6.07) is 16.3. The van der Waals surface area contributed by atoms with Crippen LogP contribution in [0.3, 0.4) is 0 Å². The third-order valence-electron chi connectivity index (χ3n) is 3.02. The Bertz CT molecular complexity index is 599. The smallest absolute Gasteiger partial charge is 0.0947 e. The highest BCUT2D eigenvalue weighted by atomic mass is 35.5. The molecule has 1 aliphatic carbocycles. The number of hydrogen-bond acceptors (Lipinski definition) is 0. The number of alkyl halides is 1. The summed E-state index contributed by atoms with van der Waals surface area (Å²) in [6.07, 6.45) is 1.95. The van der Waals surface area contributed by atoms with E-state index < -0.39 is 0 Å². The van der Waals surface area contributed by atoms with E-state index >= 15 is 0 Å². The van der Waals surface area contributed by atoms with Gasteiger partial charge in [-0.15, -0.1) is 11.6 Å². The zero-order chi connectivity index (χ0) is 11.8. The van der Waals surface area contributed by atoms with Gasteiger partial charge in [-0.25, -0.2) is 0 Å². The van der Waals surface area contributed by atoms with Gasteiger partial charge in [-0.3, -0.25) is 0 Å². The van der Waals surface area contributed by atoms with Crippen molar-refractivity contribution in [1.82, 2.24) is 0 Å². The lowest BCUT2D eigenvalue weighted by Gasteiger charge is -2.11. The number of rotatable bonds is 0. The van der Waals surface area contributed by atoms with Crippen LogP contribution in [0.2, 0.25) is 0 Å². The van der Waals surface area contributed by atoms with Crippen molar-refractivity contribution < 1.29 is 0 Å². The van der Waals surface area contributed by atoms with Crippen LogP contribution < -0.4 is 0 Å². The highest BCUT2D eigenvalue weighted by Crippen LogP contribution is 2.42. The molecule has 0 N–H and O–H groups in total. The minimum atomic E-state index is -0.264. The lowest BCUT2D eigenvalue weighted by molar-refractivity contribution is 1.21. The summed E-state index contributed by atoms with van der Waals surface area (Å²) >= 11 is 12.6. The first-order valence-corrected chi connectivity index (χ1v) is 6.28. The van der Waals surface area contributed by atoms with Crippen LogP contribution in [0.25, 0.3) is 17.2 Å². The van der Waals surface area contributed by atoms with Gasteiger partial charge in [0.05, 0.1) is 5.38 Å². The van der Waals surface area contributed by atoms with Crippen LogP contribution in [-0.4, -0.2) is 0 Å². The second-order valence-electron chi connectivity index (χ2n) is 4.07. The maximum Gasteiger partial charge on any atom is 0.0947 e. The molecule has 0 spiro atoms. The van der Waals surface area contributed by atoms with Gasteiger partial charge in [-0.2, -0.15) is 0 Å². The molecular weight excluding hydrogens is 251 g/mol. The molecule has 2 aromatic carbocycles. The molecule has 1 unspecified atom stereocenters. The van der Waals surface area contributed by atoms with Crippen LogP contribution in [0, 0.1) is 0 Å². The van der Waals surface area contributed by atoms with Gasteiger partial charge in [0.15, 0.2) is 0 Å². The highest BCUT2D eigenvalue weighted by Gasteiger charge is 2.21. The molecule has 0 heterocycles. The standard InChI is InChI=1S/C15H10Cl2/c16-14-9-10-5-1-2-6-11(10)12-7-3-4-8-13(12)15(14)17/h1-9,15H. The van der Waals surface area contributed by atoms with E-state index in [-0.39, 0.29) is 5.38 Å². The van der Waals surface area contributed by atoms with Gasteiger partial charge in [-0.1, -0.05) is 60.1 Å². The average Bonchev–Trinajstić information content (AvgIpc) is 2.48. The van der Waals surface area contributed by atoms with Crippen LogP contribution in [-0.2, 0) is 0 Å². The minimum Gasteiger partial charge on any atom is -0.112 e. The monoisotopic (exact) mass is 260 g/mol. The van der Waals surface area contributed by atoms with Crippen molar-refractivity contribution in [2.24, 2.45) is 0 Å². The normalized spacial score (nSPS) is 17.8. The number of halogens is 2. The first-order valence-electron chi connectivity index (χ1n) is 5.47. The molecule has 0 bridgehead atoms. The average molecular weight is 261 g/mol. The largest absolute Gasteiger partial charge is 0.112 e. The summed E-state index contributed by atoms with van der Waals surface area (Å²) in [4.78, 5) is 0. The lowest BCUT2D eigenvalue weighted by atomic mass is 9.96. The Hall–Kier alpha value is -1.24. The molecule has 0 nitrogen and oxygen atoms in total. The second-order valence-corrected chi connectivity index (χ2v) is 4.94. The molecule has 1 aliphatic rings. The topological polar surface area (TPSA) is 0 Å². The summed E-state index contributed by atoms with van der Waals surface area (Å²) in [6.45, 7) is 0. The van der Waals surface area contributed by atoms with Crippen molar-refractivity contribution in [2.75, 3.05) is 0 Å². The molecule has 1 atom stereocenters. The molecule has 84 valence electrons. The van der Waals surface area contributed by atoms with Crippen LogP contribution in [0.4, 0.5) is 0 Å². The lowest BCUT2D eigenvalue weighted by Crippen LogP contribution is -1.91. The van der Waals surface area contributed by atoms with Crippen molar-refractivity contribution in [2.45, 2.75) is 5.38 Å². The van der Waals surface area contributed by atoms with Gasteiger partial charge in [0.2, 0.25) is 0 Å². The summed E-state index contributed by atoms with van der Waals surface area (Å²) < 4.78 is 0. The third kappa shape index (κ3) is 1.78. The fraction of sp³-hybridized carbons (Fsp3) is 0.0667. The zero-order valence-electron chi connectivity index (χ0n) is 9.03. The Morgan fingerprint density at radius 2 is 1.47 bits per heavy atom. The molecule has 3 rings (SSSR count). The molecule has 2 heteroatoms. The summed E-state index contributed by atoms with van der Waals surface area (Å²) in [5.74, 6) is 0. The van der Waals surface area contributed by atoms with E-state index in [4.69, 9.17) is 23.2 Å². The summed E-state index contributed by atoms with van der Waals surface area (Å²) in [5, 5.41) is 0.407. The Labute approximate surface area is 110 Å². The van der Waals surface area contributed by atoms with E-state index in [2.05, 4.69) is 18.2 Å². The van der Waals surface area contributed by atoms with E-state index in [1.54, 1.807) is 0 Å². The van der Waals surface area contributed by atoms with E-state index in [1.165, 1.54) is 5.56 Å². The quantitative estimate of drug-likeness (QED) is 0.570. The van der Waals surface area contributed by atoms with E-state index in [1.807, 2.05) is 36.4 Å². The fourth-order valence-corrected chi connectivity index (χ4v) is 2.69. The molecule has 0 aliphatic heterocycles. The number of hydrogen-bond donors (Lipinski definition) is 0. The molecule has 0 saturated heterocycles. The number of benzene rings is 2. The van der Waals surface area contributed by atoms with Crippen molar-refractivity contribution in [3.05, 3.63) is 64.7 Å². The number of allylic oxidation sites excluding steroid dienone is 1. The van der Waals surface area contributed by atoms with Crippen LogP contribution in [0.5, 0.6) is 0 Å². The molecule has 0 saturated carbocycles. The minimum absolute atomic E-state index is 0.264.